The molecule has 0 fully saturated rings. The van der Waals surface area contributed by atoms with E-state index in [1.165, 1.54) is 5.56 Å². The van der Waals surface area contributed by atoms with Crippen LogP contribution in [0.2, 0.25) is 0 Å². The summed E-state index contributed by atoms with van der Waals surface area (Å²) in [7, 11) is 1.63. The number of nitrogens with zero attached hydrogens (tertiary/aromatic N) is 2. The van der Waals surface area contributed by atoms with Crippen molar-refractivity contribution in [1.82, 2.24) is 0 Å². The van der Waals surface area contributed by atoms with Crippen LogP contribution in [0.15, 0.2) is 42.5 Å². The van der Waals surface area contributed by atoms with E-state index < -0.39 is 0 Å². The van der Waals surface area contributed by atoms with E-state index in [0.29, 0.717) is 18.1 Å². The van der Waals surface area contributed by atoms with E-state index in [2.05, 4.69) is 31.3 Å². The second-order valence-corrected chi connectivity index (χ2v) is 5.80. The number of hydrogen-bond acceptors (Lipinski definition) is 3. The number of ether oxygens (including phenoxy) is 1. The summed E-state index contributed by atoms with van der Waals surface area (Å²) >= 11 is 5.61. The van der Waals surface area contributed by atoms with Gasteiger partial charge in [0.2, 0.25) is 0 Å². The standard InChI is InChI=1S/C19H21N3OS/c1-14-8-6-9-16(15(14)2)21-19(24)22(13-7-12-20)17-10-4-5-11-18(17)23-3/h4-6,8-11H,7,13H2,1-3H3,(H,21,24). The van der Waals surface area contributed by atoms with Gasteiger partial charge in [0.15, 0.2) is 5.11 Å². The maximum atomic E-state index is 8.97. The monoisotopic (exact) mass is 339 g/mol. The highest BCUT2D eigenvalue weighted by Gasteiger charge is 2.17. The lowest BCUT2D eigenvalue weighted by Gasteiger charge is -2.27. The van der Waals surface area contributed by atoms with E-state index >= 15 is 0 Å². The van der Waals surface area contributed by atoms with Gasteiger partial charge >= 0.3 is 0 Å². The Balaban J connectivity index is 2.32. The highest BCUT2D eigenvalue weighted by Crippen LogP contribution is 2.29. The summed E-state index contributed by atoms with van der Waals surface area (Å²) in [5.74, 6) is 0.723. The van der Waals surface area contributed by atoms with Crippen LogP contribution >= 0.6 is 12.2 Å². The van der Waals surface area contributed by atoms with Crippen molar-refractivity contribution >= 4 is 28.7 Å². The van der Waals surface area contributed by atoms with Crippen LogP contribution in [-0.4, -0.2) is 18.8 Å². The third kappa shape index (κ3) is 4.03. The van der Waals surface area contributed by atoms with Gasteiger partial charge in [0.25, 0.3) is 0 Å². The molecule has 2 rings (SSSR count). The lowest BCUT2D eigenvalue weighted by Crippen LogP contribution is -2.36. The van der Waals surface area contributed by atoms with Crippen LogP contribution < -0.4 is 15.0 Å². The van der Waals surface area contributed by atoms with E-state index in [0.717, 1.165) is 22.7 Å². The third-order valence-corrected chi connectivity index (χ3v) is 4.24. The van der Waals surface area contributed by atoms with Gasteiger partial charge in [-0.05, 0) is 55.4 Å². The van der Waals surface area contributed by atoms with Crippen molar-refractivity contribution in [3.05, 3.63) is 53.6 Å². The number of nitrogens with one attached hydrogen (secondary N) is 1. The first-order chi connectivity index (χ1) is 11.6. The van der Waals surface area contributed by atoms with Gasteiger partial charge in [-0.3, -0.25) is 0 Å². The normalized spacial score (nSPS) is 9.92. The molecule has 0 bridgehead atoms. The maximum Gasteiger partial charge on any atom is 0.178 e. The number of thiocarbonyl (C=S) groups is 1. The first kappa shape index (κ1) is 17.8. The number of aryl methyl sites for hydroxylation is 1. The lowest BCUT2D eigenvalue weighted by atomic mass is 10.1. The number of methoxy groups -OCH3 is 1. The summed E-state index contributed by atoms with van der Waals surface area (Å²) in [6.07, 6.45) is 0.368. The minimum absolute atomic E-state index is 0.368. The molecule has 0 atom stereocenters. The van der Waals surface area contributed by atoms with E-state index in [1.54, 1.807) is 7.11 Å². The molecule has 0 heterocycles. The van der Waals surface area contributed by atoms with Crippen LogP contribution in [0.4, 0.5) is 11.4 Å². The summed E-state index contributed by atoms with van der Waals surface area (Å²) in [4.78, 5) is 1.90. The van der Waals surface area contributed by atoms with Crippen molar-refractivity contribution < 1.29 is 4.74 Å². The van der Waals surface area contributed by atoms with Crippen LogP contribution in [0.1, 0.15) is 17.5 Å². The zero-order chi connectivity index (χ0) is 17.5. The number of hydrogen-bond donors (Lipinski definition) is 1. The average molecular weight is 339 g/mol. The predicted molar refractivity (Wildman–Crippen MR) is 103 cm³/mol. The van der Waals surface area contributed by atoms with E-state index in [4.69, 9.17) is 22.2 Å². The highest BCUT2D eigenvalue weighted by molar-refractivity contribution is 7.80. The average Bonchev–Trinajstić information content (AvgIpc) is 2.59. The van der Waals surface area contributed by atoms with Crippen molar-refractivity contribution in [3.8, 4) is 11.8 Å². The molecular weight excluding hydrogens is 318 g/mol. The van der Waals surface area contributed by atoms with E-state index in [9.17, 15) is 0 Å². The zero-order valence-corrected chi connectivity index (χ0v) is 15.0. The van der Waals surface area contributed by atoms with Crippen molar-refractivity contribution in [2.75, 3.05) is 23.9 Å². The Hall–Kier alpha value is -2.58. The fourth-order valence-corrected chi connectivity index (χ4v) is 2.71. The van der Waals surface area contributed by atoms with Crippen LogP contribution in [0, 0.1) is 25.2 Å². The minimum Gasteiger partial charge on any atom is -0.495 e. The summed E-state index contributed by atoms with van der Waals surface area (Å²) < 4.78 is 5.44. The van der Waals surface area contributed by atoms with Crippen LogP contribution in [0.25, 0.3) is 0 Å². The van der Waals surface area contributed by atoms with Crippen molar-refractivity contribution in [2.45, 2.75) is 20.3 Å². The molecule has 0 spiro atoms. The molecule has 2 aromatic rings. The van der Waals surface area contributed by atoms with Gasteiger partial charge in [0.1, 0.15) is 5.75 Å². The molecule has 0 radical (unpaired) electrons. The fourth-order valence-electron chi connectivity index (χ4n) is 2.42. The van der Waals surface area contributed by atoms with Crippen LogP contribution in [0.5, 0.6) is 5.75 Å². The lowest BCUT2D eigenvalue weighted by molar-refractivity contribution is 0.415. The maximum absolute atomic E-state index is 8.97. The Kier molecular flexibility index (Phi) is 6.16. The molecular formula is C19H21N3OS. The second-order valence-electron chi connectivity index (χ2n) is 5.41. The topological polar surface area (TPSA) is 48.3 Å². The van der Waals surface area contributed by atoms with Crippen molar-refractivity contribution in [2.24, 2.45) is 0 Å². The molecule has 0 saturated heterocycles. The van der Waals surface area contributed by atoms with E-state index in [1.807, 2.05) is 41.3 Å². The number of para-hydroxylation sites is 2. The van der Waals surface area contributed by atoms with Gasteiger partial charge in [0.05, 0.1) is 25.3 Å². The second kappa shape index (κ2) is 8.32. The summed E-state index contributed by atoms with van der Waals surface area (Å²) in [6.45, 7) is 4.62. The van der Waals surface area contributed by atoms with Gasteiger partial charge in [0, 0.05) is 12.2 Å². The fraction of sp³-hybridized carbons (Fsp3) is 0.263. The van der Waals surface area contributed by atoms with Crippen LogP contribution in [0.3, 0.4) is 0 Å². The van der Waals surface area contributed by atoms with Crippen molar-refractivity contribution in [3.63, 3.8) is 0 Å². The number of benzene rings is 2. The minimum atomic E-state index is 0.368. The Morgan fingerprint density at radius 3 is 2.67 bits per heavy atom. The zero-order valence-electron chi connectivity index (χ0n) is 14.2. The summed E-state index contributed by atoms with van der Waals surface area (Å²) in [5.41, 5.74) is 4.17. The van der Waals surface area contributed by atoms with Gasteiger partial charge in [-0.15, -0.1) is 0 Å². The van der Waals surface area contributed by atoms with Crippen molar-refractivity contribution in [1.29, 1.82) is 5.26 Å². The Bertz CT molecular complexity index is 767. The quantitative estimate of drug-likeness (QED) is 0.817. The summed E-state index contributed by atoms with van der Waals surface area (Å²) in [6, 6.07) is 15.9. The molecule has 0 aromatic heterocycles. The Labute approximate surface area is 148 Å². The predicted octanol–water partition coefficient (Wildman–Crippen LogP) is 4.43. The molecule has 2 aromatic carbocycles. The largest absolute Gasteiger partial charge is 0.495 e. The number of nitriles is 1. The molecule has 0 aliphatic rings. The molecule has 0 unspecified atom stereocenters. The smallest absolute Gasteiger partial charge is 0.178 e. The third-order valence-electron chi connectivity index (χ3n) is 3.91. The van der Waals surface area contributed by atoms with Gasteiger partial charge in [-0.2, -0.15) is 5.26 Å². The molecule has 124 valence electrons. The Morgan fingerprint density at radius 1 is 1.21 bits per heavy atom. The van der Waals surface area contributed by atoms with Crippen LogP contribution in [-0.2, 0) is 0 Å². The molecule has 0 aliphatic heterocycles. The molecule has 4 nitrogen and oxygen atoms in total. The summed E-state index contributed by atoms with van der Waals surface area (Å²) in [5, 5.41) is 12.8. The Morgan fingerprint density at radius 2 is 1.96 bits per heavy atom. The molecule has 0 saturated carbocycles. The first-order valence-corrected chi connectivity index (χ1v) is 8.14. The van der Waals surface area contributed by atoms with Gasteiger partial charge in [-0.25, -0.2) is 0 Å². The SMILES string of the molecule is COc1ccccc1N(CCC#N)C(=S)Nc1cccc(C)c1C. The molecule has 24 heavy (non-hydrogen) atoms. The number of anilines is 2. The highest BCUT2D eigenvalue weighted by atomic mass is 32.1. The van der Waals surface area contributed by atoms with E-state index in [-0.39, 0.29) is 0 Å². The van der Waals surface area contributed by atoms with Gasteiger partial charge < -0.3 is 15.0 Å². The molecule has 5 heteroatoms. The first-order valence-electron chi connectivity index (χ1n) is 7.73. The molecule has 1 N–H and O–H groups in total. The number of rotatable bonds is 5. The van der Waals surface area contributed by atoms with Gasteiger partial charge in [-0.1, -0.05) is 24.3 Å². The molecule has 0 amide bonds. The molecule has 0 aliphatic carbocycles.